The van der Waals surface area contributed by atoms with E-state index in [0.29, 0.717) is 0 Å². The van der Waals surface area contributed by atoms with Crippen LogP contribution in [0.3, 0.4) is 0 Å². The third kappa shape index (κ3) is 5.50. The summed E-state index contributed by atoms with van der Waals surface area (Å²) in [6.45, 7) is 9.18. The van der Waals surface area contributed by atoms with Gasteiger partial charge in [-0.3, -0.25) is 4.90 Å². The first-order valence-electron chi connectivity index (χ1n) is 8.72. The van der Waals surface area contributed by atoms with Crippen LogP contribution in [0.2, 0.25) is 5.02 Å². The Hall–Kier alpha value is -0.520. The highest BCUT2D eigenvalue weighted by Gasteiger charge is 2.22. The summed E-state index contributed by atoms with van der Waals surface area (Å²) in [4.78, 5) is 5.15. The van der Waals surface area contributed by atoms with Crippen LogP contribution in [-0.2, 0) is 6.54 Å². The monoisotopic (exact) mass is 373 g/mol. The summed E-state index contributed by atoms with van der Waals surface area (Å²) in [6, 6.07) is 5.88. The summed E-state index contributed by atoms with van der Waals surface area (Å²) in [5.41, 5.74) is 1.19. The highest BCUT2D eigenvalue weighted by atomic mass is 35.5. The van der Waals surface area contributed by atoms with Crippen molar-refractivity contribution in [1.29, 1.82) is 0 Å². The Morgan fingerprint density at radius 2 is 1.79 bits per heavy atom. The molecule has 4 nitrogen and oxygen atoms in total. The molecule has 0 radical (unpaired) electrons. The smallest absolute Gasteiger partial charge is 0.123 e. The van der Waals surface area contributed by atoms with Gasteiger partial charge in [-0.2, -0.15) is 0 Å². The van der Waals surface area contributed by atoms with Crippen LogP contribution in [0, 0.1) is 5.92 Å². The molecule has 0 unspecified atom stereocenters. The molecule has 0 aromatic heterocycles. The van der Waals surface area contributed by atoms with E-state index in [-0.39, 0.29) is 12.4 Å². The highest BCUT2D eigenvalue weighted by molar-refractivity contribution is 6.30. The van der Waals surface area contributed by atoms with E-state index in [9.17, 15) is 0 Å². The molecule has 136 valence electrons. The number of methoxy groups -OCH3 is 1. The van der Waals surface area contributed by atoms with Crippen molar-refractivity contribution >= 4 is 24.0 Å². The number of ether oxygens (including phenoxy) is 1. The van der Waals surface area contributed by atoms with Crippen LogP contribution in [0.25, 0.3) is 0 Å². The molecule has 2 aliphatic rings. The molecule has 1 N–H and O–H groups in total. The summed E-state index contributed by atoms with van der Waals surface area (Å²) in [7, 11) is 1.73. The molecule has 0 saturated carbocycles. The predicted molar refractivity (Wildman–Crippen MR) is 103 cm³/mol. The third-order valence-corrected chi connectivity index (χ3v) is 5.31. The lowest BCUT2D eigenvalue weighted by molar-refractivity contribution is 0.106. The van der Waals surface area contributed by atoms with Gasteiger partial charge in [0.05, 0.1) is 7.11 Å². The predicted octanol–water partition coefficient (Wildman–Crippen LogP) is 2.89. The number of halogens is 2. The van der Waals surface area contributed by atoms with E-state index < -0.39 is 0 Å². The molecule has 24 heavy (non-hydrogen) atoms. The molecule has 2 aliphatic heterocycles. The summed E-state index contributed by atoms with van der Waals surface area (Å²) < 4.78 is 5.46. The molecule has 3 rings (SSSR count). The van der Waals surface area contributed by atoms with Gasteiger partial charge in [-0.1, -0.05) is 11.6 Å². The average molecular weight is 374 g/mol. The molecule has 1 aromatic rings. The van der Waals surface area contributed by atoms with Gasteiger partial charge in [-0.05, 0) is 50.0 Å². The maximum atomic E-state index is 6.14. The van der Waals surface area contributed by atoms with Crippen LogP contribution in [-0.4, -0.2) is 62.7 Å². The number of hydrogen-bond acceptors (Lipinski definition) is 4. The topological polar surface area (TPSA) is 27.7 Å². The number of nitrogens with one attached hydrogen (secondary N) is 1. The molecule has 1 aromatic carbocycles. The number of benzene rings is 1. The average Bonchev–Trinajstić information content (AvgIpc) is 2.58. The van der Waals surface area contributed by atoms with E-state index >= 15 is 0 Å². The van der Waals surface area contributed by atoms with E-state index in [1.807, 2.05) is 18.2 Å². The molecule has 0 spiro atoms. The Labute approximate surface area is 156 Å². The lowest BCUT2D eigenvalue weighted by atomic mass is 9.97. The van der Waals surface area contributed by atoms with Gasteiger partial charge in [-0.15, -0.1) is 12.4 Å². The van der Waals surface area contributed by atoms with Crippen molar-refractivity contribution in [3.63, 3.8) is 0 Å². The second-order valence-electron chi connectivity index (χ2n) is 6.73. The Morgan fingerprint density at radius 1 is 1.12 bits per heavy atom. The van der Waals surface area contributed by atoms with Gasteiger partial charge in [0, 0.05) is 49.9 Å². The minimum atomic E-state index is 0. The summed E-state index contributed by atoms with van der Waals surface area (Å²) >= 11 is 6.14. The zero-order valence-corrected chi connectivity index (χ0v) is 16.0. The maximum Gasteiger partial charge on any atom is 0.123 e. The highest BCUT2D eigenvalue weighted by Crippen LogP contribution is 2.24. The zero-order chi connectivity index (χ0) is 16.1. The third-order valence-electron chi connectivity index (χ3n) is 5.08. The lowest BCUT2D eigenvalue weighted by Crippen LogP contribution is -2.48. The number of rotatable bonds is 5. The fraction of sp³-hybridized carbons (Fsp3) is 0.667. The van der Waals surface area contributed by atoms with Crippen molar-refractivity contribution in [2.75, 3.05) is 52.9 Å². The largest absolute Gasteiger partial charge is 0.496 e. The SMILES string of the molecule is COc1ccc(Cl)cc1CN1CCN(CC2CCNCC2)CC1.Cl. The van der Waals surface area contributed by atoms with Crippen molar-refractivity contribution in [2.24, 2.45) is 5.92 Å². The second-order valence-corrected chi connectivity index (χ2v) is 7.16. The Kier molecular flexibility index (Phi) is 8.11. The van der Waals surface area contributed by atoms with Gasteiger partial charge in [0.25, 0.3) is 0 Å². The second kappa shape index (κ2) is 9.83. The Morgan fingerprint density at radius 3 is 2.46 bits per heavy atom. The van der Waals surface area contributed by atoms with E-state index in [4.69, 9.17) is 16.3 Å². The molecule has 2 fully saturated rings. The van der Waals surface area contributed by atoms with Crippen molar-refractivity contribution in [2.45, 2.75) is 19.4 Å². The first kappa shape index (κ1) is 19.8. The molecule has 0 bridgehead atoms. The van der Waals surface area contributed by atoms with E-state index in [1.165, 1.54) is 51.1 Å². The van der Waals surface area contributed by atoms with Crippen LogP contribution >= 0.6 is 24.0 Å². The van der Waals surface area contributed by atoms with Crippen molar-refractivity contribution < 1.29 is 4.74 Å². The van der Waals surface area contributed by atoms with Crippen molar-refractivity contribution in [1.82, 2.24) is 15.1 Å². The van der Waals surface area contributed by atoms with E-state index in [1.54, 1.807) is 7.11 Å². The fourth-order valence-corrected chi connectivity index (χ4v) is 3.87. The number of nitrogens with zero attached hydrogens (tertiary/aromatic N) is 2. The Balaban J connectivity index is 0.00000208. The molecule has 6 heteroatoms. The van der Waals surface area contributed by atoms with Crippen LogP contribution in [0.4, 0.5) is 0 Å². The van der Waals surface area contributed by atoms with E-state index in [2.05, 4.69) is 15.1 Å². The first-order chi connectivity index (χ1) is 11.2. The van der Waals surface area contributed by atoms with Crippen LogP contribution in [0.15, 0.2) is 18.2 Å². The number of piperidine rings is 1. The van der Waals surface area contributed by atoms with Crippen LogP contribution in [0.1, 0.15) is 18.4 Å². The fourth-order valence-electron chi connectivity index (χ4n) is 3.67. The number of hydrogen-bond donors (Lipinski definition) is 1. The van der Waals surface area contributed by atoms with E-state index in [0.717, 1.165) is 36.3 Å². The molecule has 0 atom stereocenters. The molecule has 0 amide bonds. The molecular weight excluding hydrogens is 345 g/mol. The van der Waals surface area contributed by atoms with Crippen molar-refractivity contribution in [3.05, 3.63) is 28.8 Å². The first-order valence-corrected chi connectivity index (χ1v) is 9.10. The molecular formula is C18H29Cl2N3O. The molecule has 2 heterocycles. The van der Waals surface area contributed by atoms with Gasteiger partial charge >= 0.3 is 0 Å². The normalized spacial score (nSPS) is 20.6. The van der Waals surface area contributed by atoms with Crippen LogP contribution in [0.5, 0.6) is 5.75 Å². The van der Waals surface area contributed by atoms with Gasteiger partial charge in [0.15, 0.2) is 0 Å². The molecule has 0 aliphatic carbocycles. The Bertz CT molecular complexity index is 501. The number of piperazine rings is 1. The maximum absolute atomic E-state index is 6.14. The summed E-state index contributed by atoms with van der Waals surface area (Å²) in [6.07, 6.45) is 2.67. The minimum Gasteiger partial charge on any atom is -0.496 e. The lowest BCUT2D eigenvalue weighted by Gasteiger charge is -2.37. The van der Waals surface area contributed by atoms with Gasteiger partial charge in [0.1, 0.15) is 5.75 Å². The minimum absolute atomic E-state index is 0. The van der Waals surface area contributed by atoms with Gasteiger partial charge in [-0.25, -0.2) is 0 Å². The van der Waals surface area contributed by atoms with Crippen molar-refractivity contribution in [3.8, 4) is 5.75 Å². The quantitative estimate of drug-likeness (QED) is 0.858. The summed E-state index contributed by atoms with van der Waals surface area (Å²) in [5.74, 6) is 1.82. The van der Waals surface area contributed by atoms with Gasteiger partial charge < -0.3 is 15.0 Å². The van der Waals surface area contributed by atoms with Crippen LogP contribution < -0.4 is 10.1 Å². The van der Waals surface area contributed by atoms with Gasteiger partial charge in [0.2, 0.25) is 0 Å². The molecule has 2 saturated heterocycles. The zero-order valence-electron chi connectivity index (χ0n) is 14.5. The standard InChI is InChI=1S/C18H28ClN3O.ClH/c1-23-18-3-2-17(19)12-16(18)14-22-10-8-21(9-11-22)13-15-4-6-20-7-5-15;/h2-3,12,15,20H,4-11,13-14H2,1H3;1H. The summed E-state index contributed by atoms with van der Waals surface area (Å²) in [5, 5.41) is 4.23.